The summed E-state index contributed by atoms with van der Waals surface area (Å²) in [6, 6.07) is 6.11. The van der Waals surface area contributed by atoms with Crippen molar-refractivity contribution in [3.05, 3.63) is 29.6 Å². The zero-order valence-electron chi connectivity index (χ0n) is 9.15. The maximum atomic E-state index is 6.22. The van der Waals surface area contributed by atoms with Crippen molar-refractivity contribution in [3.8, 4) is 0 Å². The number of pyridine rings is 1. The fraction of sp³-hybridized carbons (Fsp3) is 0.583. The number of ether oxygens (including phenoxy) is 1. The molecule has 0 aliphatic carbocycles. The number of rotatable bonds is 2. The van der Waals surface area contributed by atoms with Crippen LogP contribution in [0.2, 0.25) is 0 Å². The van der Waals surface area contributed by atoms with Crippen LogP contribution in [-0.2, 0) is 4.74 Å². The Morgan fingerprint density at radius 1 is 1.40 bits per heavy atom. The molecule has 0 amide bonds. The summed E-state index contributed by atoms with van der Waals surface area (Å²) in [5.41, 5.74) is 8.27. The average molecular weight is 206 g/mol. The molecule has 3 nitrogen and oxygen atoms in total. The number of aromatic nitrogens is 1. The van der Waals surface area contributed by atoms with Crippen molar-refractivity contribution in [3.63, 3.8) is 0 Å². The van der Waals surface area contributed by atoms with E-state index in [1.807, 2.05) is 25.1 Å². The van der Waals surface area contributed by atoms with Crippen molar-refractivity contribution in [1.82, 2.24) is 4.98 Å². The molecular formula is C12H18N2O. The molecule has 0 spiro atoms. The summed E-state index contributed by atoms with van der Waals surface area (Å²) in [4.78, 5) is 4.48. The number of hydrogen-bond donors (Lipinski definition) is 1. The minimum absolute atomic E-state index is 0.0637. The molecule has 2 N–H and O–H groups in total. The highest BCUT2D eigenvalue weighted by atomic mass is 16.5. The van der Waals surface area contributed by atoms with E-state index in [1.54, 1.807) is 0 Å². The average Bonchev–Trinajstić information content (AvgIpc) is 2.29. The molecule has 1 aromatic heterocycles. The second-order valence-corrected chi connectivity index (χ2v) is 4.18. The summed E-state index contributed by atoms with van der Waals surface area (Å²) in [7, 11) is 0. The largest absolute Gasteiger partial charge is 0.381 e. The molecule has 15 heavy (non-hydrogen) atoms. The molecule has 0 bridgehead atoms. The highest BCUT2D eigenvalue weighted by Crippen LogP contribution is 2.26. The maximum Gasteiger partial charge on any atom is 0.0577 e. The molecule has 0 saturated carbocycles. The summed E-state index contributed by atoms with van der Waals surface area (Å²) in [5.74, 6) is 0.521. The minimum Gasteiger partial charge on any atom is -0.381 e. The first-order valence-corrected chi connectivity index (χ1v) is 5.54. The Morgan fingerprint density at radius 3 is 2.80 bits per heavy atom. The molecule has 2 rings (SSSR count). The maximum absolute atomic E-state index is 6.22. The van der Waals surface area contributed by atoms with Crippen LogP contribution in [0, 0.1) is 12.8 Å². The predicted octanol–water partition coefficient (Wildman–Crippen LogP) is 1.82. The Morgan fingerprint density at radius 2 is 2.13 bits per heavy atom. The fourth-order valence-corrected chi connectivity index (χ4v) is 2.07. The van der Waals surface area contributed by atoms with Crippen LogP contribution in [0.25, 0.3) is 0 Å². The summed E-state index contributed by atoms with van der Waals surface area (Å²) in [6.45, 7) is 3.68. The van der Waals surface area contributed by atoms with E-state index in [4.69, 9.17) is 10.5 Å². The van der Waals surface area contributed by atoms with Gasteiger partial charge in [0.05, 0.1) is 11.7 Å². The Bertz CT molecular complexity index is 321. The Balaban J connectivity index is 2.08. The van der Waals surface area contributed by atoms with E-state index >= 15 is 0 Å². The second-order valence-electron chi connectivity index (χ2n) is 4.18. The minimum atomic E-state index is 0.0637. The van der Waals surface area contributed by atoms with Gasteiger partial charge in [-0.25, -0.2) is 0 Å². The van der Waals surface area contributed by atoms with Gasteiger partial charge in [-0.15, -0.1) is 0 Å². The lowest BCUT2D eigenvalue weighted by Gasteiger charge is -2.27. The van der Waals surface area contributed by atoms with Gasteiger partial charge in [0.2, 0.25) is 0 Å². The van der Waals surface area contributed by atoms with Gasteiger partial charge >= 0.3 is 0 Å². The van der Waals surface area contributed by atoms with E-state index in [0.717, 1.165) is 37.4 Å². The van der Waals surface area contributed by atoms with Gasteiger partial charge in [-0.2, -0.15) is 0 Å². The molecule has 2 heterocycles. The van der Waals surface area contributed by atoms with Crippen LogP contribution < -0.4 is 5.73 Å². The smallest absolute Gasteiger partial charge is 0.0577 e. The number of nitrogens with two attached hydrogens (primary N) is 1. The molecule has 3 heteroatoms. The third-order valence-electron chi connectivity index (χ3n) is 3.03. The second kappa shape index (κ2) is 4.73. The zero-order chi connectivity index (χ0) is 10.7. The molecule has 0 unspecified atom stereocenters. The van der Waals surface area contributed by atoms with Crippen molar-refractivity contribution in [1.29, 1.82) is 0 Å². The van der Waals surface area contributed by atoms with Gasteiger partial charge < -0.3 is 10.5 Å². The number of hydrogen-bond acceptors (Lipinski definition) is 3. The van der Waals surface area contributed by atoms with Crippen LogP contribution in [0.4, 0.5) is 0 Å². The Hall–Kier alpha value is -0.930. The molecule has 82 valence electrons. The zero-order valence-corrected chi connectivity index (χ0v) is 9.15. The van der Waals surface area contributed by atoms with Gasteiger partial charge in [-0.05, 0) is 37.8 Å². The van der Waals surface area contributed by atoms with E-state index in [-0.39, 0.29) is 6.04 Å². The van der Waals surface area contributed by atoms with Crippen molar-refractivity contribution in [2.24, 2.45) is 11.7 Å². The monoisotopic (exact) mass is 206 g/mol. The van der Waals surface area contributed by atoms with Gasteiger partial charge in [-0.3, -0.25) is 4.98 Å². The van der Waals surface area contributed by atoms with E-state index in [9.17, 15) is 0 Å². The quantitative estimate of drug-likeness (QED) is 0.803. The van der Waals surface area contributed by atoms with E-state index in [2.05, 4.69) is 4.98 Å². The predicted molar refractivity (Wildman–Crippen MR) is 59.4 cm³/mol. The fourth-order valence-electron chi connectivity index (χ4n) is 2.07. The molecule has 0 aromatic carbocycles. The first-order valence-electron chi connectivity index (χ1n) is 5.54. The van der Waals surface area contributed by atoms with Gasteiger partial charge in [0.25, 0.3) is 0 Å². The number of aryl methyl sites for hydroxylation is 1. The molecule has 1 atom stereocenters. The van der Waals surface area contributed by atoms with Crippen molar-refractivity contribution < 1.29 is 4.74 Å². The lowest BCUT2D eigenvalue weighted by molar-refractivity contribution is 0.0579. The van der Waals surface area contributed by atoms with E-state index < -0.39 is 0 Å². The van der Waals surface area contributed by atoms with Crippen molar-refractivity contribution >= 4 is 0 Å². The van der Waals surface area contributed by atoms with Crippen LogP contribution in [0.1, 0.15) is 30.3 Å². The molecule has 1 aliphatic rings. The highest BCUT2D eigenvalue weighted by Gasteiger charge is 2.22. The topological polar surface area (TPSA) is 48.1 Å². The van der Waals surface area contributed by atoms with Gasteiger partial charge in [0.1, 0.15) is 0 Å². The van der Waals surface area contributed by atoms with E-state index in [0.29, 0.717) is 5.92 Å². The first kappa shape index (κ1) is 10.6. The van der Waals surface area contributed by atoms with Crippen molar-refractivity contribution in [2.75, 3.05) is 13.2 Å². The molecule has 0 radical (unpaired) electrons. The Kier molecular flexibility index (Phi) is 3.34. The van der Waals surface area contributed by atoms with E-state index in [1.165, 1.54) is 0 Å². The lowest BCUT2D eigenvalue weighted by atomic mass is 9.90. The van der Waals surface area contributed by atoms with Crippen LogP contribution in [0.3, 0.4) is 0 Å². The van der Waals surface area contributed by atoms with Crippen LogP contribution >= 0.6 is 0 Å². The molecular weight excluding hydrogens is 188 g/mol. The lowest BCUT2D eigenvalue weighted by Crippen LogP contribution is -2.28. The summed E-state index contributed by atoms with van der Waals surface area (Å²) in [5, 5.41) is 0. The molecule has 1 aliphatic heterocycles. The summed E-state index contributed by atoms with van der Waals surface area (Å²) < 4.78 is 5.33. The SMILES string of the molecule is Cc1cccc([C@@H](N)C2CCOCC2)n1. The number of nitrogens with zero attached hydrogens (tertiary/aromatic N) is 1. The summed E-state index contributed by atoms with van der Waals surface area (Å²) >= 11 is 0. The molecule has 1 saturated heterocycles. The highest BCUT2D eigenvalue weighted by molar-refractivity contribution is 5.14. The van der Waals surface area contributed by atoms with Gasteiger partial charge in [0, 0.05) is 18.9 Å². The van der Waals surface area contributed by atoms with Crippen molar-refractivity contribution in [2.45, 2.75) is 25.8 Å². The molecule has 1 fully saturated rings. The third kappa shape index (κ3) is 2.55. The third-order valence-corrected chi connectivity index (χ3v) is 3.03. The standard InChI is InChI=1S/C12H18N2O/c1-9-3-2-4-11(14-9)12(13)10-5-7-15-8-6-10/h2-4,10,12H,5-8,13H2,1H3/t12-/m0/s1. The first-order chi connectivity index (χ1) is 7.27. The van der Waals surface area contributed by atoms with Crippen LogP contribution in [-0.4, -0.2) is 18.2 Å². The Labute approximate surface area is 90.7 Å². The van der Waals surface area contributed by atoms with Gasteiger partial charge in [-0.1, -0.05) is 6.07 Å². The van der Waals surface area contributed by atoms with Gasteiger partial charge in [0.15, 0.2) is 0 Å². The van der Waals surface area contributed by atoms with Crippen LogP contribution in [0.15, 0.2) is 18.2 Å². The normalized spacial score (nSPS) is 20.1. The summed E-state index contributed by atoms with van der Waals surface area (Å²) in [6.07, 6.45) is 2.10. The molecule has 1 aromatic rings. The van der Waals surface area contributed by atoms with Crippen LogP contribution in [0.5, 0.6) is 0 Å².